The Morgan fingerprint density at radius 3 is 2.38 bits per heavy atom. The Bertz CT molecular complexity index is 728. The van der Waals surface area contributed by atoms with E-state index in [2.05, 4.69) is 21.2 Å². The molecule has 4 nitrogen and oxygen atoms in total. The first kappa shape index (κ1) is 19.0. The number of carbonyl (C=O) groups is 1. The maximum absolute atomic E-state index is 12.1. The van der Waals surface area contributed by atoms with Crippen molar-refractivity contribution < 1.29 is 4.79 Å². The van der Waals surface area contributed by atoms with Gasteiger partial charge in [-0.1, -0.05) is 41.4 Å². The second-order valence-corrected chi connectivity index (χ2v) is 7.34. The van der Waals surface area contributed by atoms with Crippen molar-refractivity contribution in [2.24, 2.45) is 0 Å². The maximum atomic E-state index is 12.1. The minimum Gasteiger partial charge on any atom is -0.369 e. The first-order valence-electron chi connectivity index (χ1n) is 8.84. The van der Waals surface area contributed by atoms with Crippen LogP contribution in [0.15, 0.2) is 48.5 Å². The van der Waals surface area contributed by atoms with Crippen molar-refractivity contribution in [3.63, 3.8) is 0 Å². The summed E-state index contributed by atoms with van der Waals surface area (Å²) in [5.74, 6) is 0.0789. The van der Waals surface area contributed by atoms with Crippen LogP contribution in [0.25, 0.3) is 0 Å². The van der Waals surface area contributed by atoms with Crippen LogP contribution in [0.1, 0.15) is 5.56 Å². The van der Waals surface area contributed by atoms with Crippen molar-refractivity contribution in [1.29, 1.82) is 0 Å². The van der Waals surface area contributed by atoms with Crippen LogP contribution in [-0.2, 0) is 11.2 Å². The Kier molecular flexibility index (Phi) is 6.78. The predicted octanol–water partition coefficient (Wildman–Crippen LogP) is 3.47. The fourth-order valence-electron chi connectivity index (χ4n) is 3.09. The Hall–Kier alpha value is -1.75. The van der Waals surface area contributed by atoms with Crippen LogP contribution in [0.4, 0.5) is 5.69 Å². The molecule has 2 aromatic carbocycles. The second kappa shape index (κ2) is 9.26. The fraction of sp³-hybridized carbons (Fsp3) is 0.350. The van der Waals surface area contributed by atoms with Crippen LogP contribution in [0.2, 0.25) is 10.0 Å². The number of hydrogen-bond donors (Lipinski definition) is 1. The highest BCUT2D eigenvalue weighted by atomic mass is 35.5. The standard InChI is InChI=1S/C20H23Cl2N3O/c21-17-6-4-16(5-7-17)8-9-23-20(26)15-24-10-12-25(13-11-24)19-3-1-2-18(22)14-19/h1-7,14H,8-13,15H2,(H,23,26). The first-order chi connectivity index (χ1) is 12.6. The first-order valence-corrected chi connectivity index (χ1v) is 9.60. The number of nitrogens with one attached hydrogen (secondary N) is 1. The van der Waals surface area contributed by atoms with Crippen molar-refractivity contribution in [2.75, 3.05) is 44.2 Å². The molecule has 1 N–H and O–H groups in total. The van der Waals surface area contributed by atoms with Gasteiger partial charge in [-0.2, -0.15) is 0 Å². The Morgan fingerprint density at radius 2 is 1.69 bits per heavy atom. The van der Waals surface area contributed by atoms with Crippen molar-refractivity contribution >= 4 is 34.8 Å². The maximum Gasteiger partial charge on any atom is 0.234 e. The van der Waals surface area contributed by atoms with Gasteiger partial charge >= 0.3 is 0 Å². The molecular formula is C20H23Cl2N3O. The summed E-state index contributed by atoms with van der Waals surface area (Å²) in [6, 6.07) is 15.6. The lowest BCUT2D eigenvalue weighted by Crippen LogP contribution is -2.49. The van der Waals surface area contributed by atoms with Gasteiger partial charge in [0.2, 0.25) is 5.91 Å². The molecule has 0 saturated carbocycles. The summed E-state index contributed by atoms with van der Waals surface area (Å²) in [6.45, 7) is 4.64. The number of anilines is 1. The molecule has 1 aliphatic rings. The quantitative estimate of drug-likeness (QED) is 0.818. The van der Waals surface area contributed by atoms with E-state index in [1.54, 1.807) is 0 Å². The molecule has 1 heterocycles. The Balaban J connectivity index is 1.37. The van der Waals surface area contributed by atoms with E-state index >= 15 is 0 Å². The zero-order chi connectivity index (χ0) is 18.4. The number of hydrogen-bond acceptors (Lipinski definition) is 3. The van der Waals surface area contributed by atoms with Crippen LogP contribution < -0.4 is 10.2 Å². The van der Waals surface area contributed by atoms with Crippen LogP contribution in [0.5, 0.6) is 0 Å². The summed E-state index contributed by atoms with van der Waals surface area (Å²) in [4.78, 5) is 16.6. The van der Waals surface area contributed by atoms with E-state index in [-0.39, 0.29) is 5.91 Å². The van der Waals surface area contributed by atoms with E-state index in [4.69, 9.17) is 23.2 Å². The molecule has 0 aromatic heterocycles. The van der Waals surface area contributed by atoms with E-state index in [0.717, 1.165) is 48.3 Å². The third-order valence-electron chi connectivity index (χ3n) is 4.56. The van der Waals surface area contributed by atoms with Crippen LogP contribution in [-0.4, -0.2) is 50.1 Å². The number of carbonyl (C=O) groups excluding carboxylic acids is 1. The van der Waals surface area contributed by atoms with Crippen molar-refractivity contribution in [1.82, 2.24) is 10.2 Å². The van der Waals surface area contributed by atoms with Gasteiger partial charge in [-0.25, -0.2) is 0 Å². The number of amides is 1. The molecule has 1 amide bonds. The average Bonchev–Trinajstić information content (AvgIpc) is 2.64. The van der Waals surface area contributed by atoms with Gasteiger partial charge in [-0.05, 0) is 42.3 Å². The van der Waals surface area contributed by atoms with Gasteiger partial charge in [0.25, 0.3) is 0 Å². The number of rotatable bonds is 6. The molecule has 0 aliphatic carbocycles. The highest BCUT2D eigenvalue weighted by Crippen LogP contribution is 2.20. The minimum atomic E-state index is 0.0789. The highest BCUT2D eigenvalue weighted by molar-refractivity contribution is 6.31. The van der Waals surface area contributed by atoms with Gasteiger partial charge in [0.05, 0.1) is 6.54 Å². The summed E-state index contributed by atoms with van der Waals surface area (Å²) in [5, 5.41) is 4.48. The van der Waals surface area contributed by atoms with Gasteiger partial charge < -0.3 is 10.2 Å². The van der Waals surface area contributed by atoms with Crippen molar-refractivity contribution in [2.45, 2.75) is 6.42 Å². The second-order valence-electron chi connectivity index (χ2n) is 6.47. The zero-order valence-corrected chi connectivity index (χ0v) is 16.1. The normalized spacial score (nSPS) is 15.1. The summed E-state index contributed by atoms with van der Waals surface area (Å²) in [6.07, 6.45) is 0.811. The molecule has 0 bridgehead atoms. The Labute approximate surface area is 164 Å². The van der Waals surface area contributed by atoms with Crippen LogP contribution in [0.3, 0.4) is 0 Å². The number of nitrogens with zero attached hydrogens (tertiary/aromatic N) is 2. The van der Waals surface area contributed by atoms with Gasteiger partial charge in [0.15, 0.2) is 0 Å². The summed E-state index contributed by atoms with van der Waals surface area (Å²) in [5.41, 5.74) is 2.31. The molecule has 0 unspecified atom stereocenters. The predicted molar refractivity (Wildman–Crippen MR) is 108 cm³/mol. The molecule has 3 rings (SSSR count). The molecule has 0 atom stereocenters. The largest absolute Gasteiger partial charge is 0.369 e. The van der Waals surface area contributed by atoms with E-state index in [9.17, 15) is 4.79 Å². The monoisotopic (exact) mass is 391 g/mol. The molecular weight excluding hydrogens is 369 g/mol. The summed E-state index contributed by atoms with van der Waals surface area (Å²) >= 11 is 11.9. The zero-order valence-electron chi connectivity index (χ0n) is 14.6. The minimum absolute atomic E-state index is 0.0789. The molecule has 0 radical (unpaired) electrons. The topological polar surface area (TPSA) is 35.6 Å². The SMILES string of the molecule is O=C(CN1CCN(c2cccc(Cl)c2)CC1)NCCc1ccc(Cl)cc1. The summed E-state index contributed by atoms with van der Waals surface area (Å²) < 4.78 is 0. The molecule has 6 heteroatoms. The third kappa shape index (κ3) is 5.63. The molecule has 0 spiro atoms. The van der Waals surface area contributed by atoms with Crippen LogP contribution >= 0.6 is 23.2 Å². The van der Waals surface area contributed by atoms with E-state index < -0.39 is 0 Å². The van der Waals surface area contributed by atoms with Gasteiger partial charge in [-0.3, -0.25) is 9.69 Å². The van der Waals surface area contributed by atoms with Gasteiger partial charge in [0, 0.05) is 48.5 Å². The number of benzene rings is 2. The van der Waals surface area contributed by atoms with Crippen molar-refractivity contribution in [3.8, 4) is 0 Å². The fourth-order valence-corrected chi connectivity index (χ4v) is 3.40. The average molecular weight is 392 g/mol. The van der Waals surface area contributed by atoms with Gasteiger partial charge in [-0.15, -0.1) is 0 Å². The van der Waals surface area contributed by atoms with Crippen molar-refractivity contribution in [3.05, 3.63) is 64.1 Å². The van der Waals surface area contributed by atoms with Gasteiger partial charge in [0.1, 0.15) is 0 Å². The molecule has 138 valence electrons. The number of halogens is 2. The third-order valence-corrected chi connectivity index (χ3v) is 5.05. The molecule has 1 saturated heterocycles. The van der Waals surface area contributed by atoms with E-state index in [0.29, 0.717) is 13.1 Å². The molecule has 1 fully saturated rings. The molecule has 1 aliphatic heterocycles. The lowest BCUT2D eigenvalue weighted by Gasteiger charge is -2.35. The lowest BCUT2D eigenvalue weighted by molar-refractivity contribution is -0.122. The molecule has 2 aromatic rings. The smallest absolute Gasteiger partial charge is 0.234 e. The highest BCUT2D eigenvalue weighted by Gasteiger charge is 2.19. The van der Waals surface area contributed by atoms with E-state index in [1.807, 2.05) is 42.5 Å². The molecule has 26 heavy (non-hydrogen) atoms. The Morgan fingerprint density at radius 1 is 0.962 bits per heavy atom. The van der Waals surface area contributed by atoms with E-state index in [1.165, 1.54) is 5.56 Å². The lowest BCUT2D eigenvalue weighted by atomic mass is 10.1. The van der Waals surface area contributed by atoms with Crippen LogP contribution in [0, 0.1) is 0 Å². The number of piperazine rings is 1. The summed E-state index contributed by atoms with van der Waals surface area (Å²) in [7, 11) is 0.